The maximum Gasteiger partial charge on any atom is 0.335 e. The number of benzene rings is 3. The van der Waals surface area contributed by atoms with E-state index in [4.69, 9.17) is 14.8 Å². The summed E-state index contributed by atoms with van der Waals surface area (Å²) in [6.07, 6.45) is 4.16. The maximum atomic E-state index is 13.2. The van der Waals surface area contributed by atoms with Gasteiger partial charge >= 0.3 is 5.97 Å². The van der Waals surface area contributed by atoms with Crippen LogP contribution < -0.4 is 10.3 Å². The van der Waals surface area contributed by atoms with Crippen LogP contribution in [0.2, 0.25) is 0 Å². The Morgan fingerprint density at radius 1 is 1.14 bits per heavy atom. The van der Waals surface area contributed by atoms with E-state index in [1.165, 1.54) is 4.68 Å². The van der Waals surface area contributed by atoms with Crippen molar-refractivity contribution in [3.63, 3.8) is 0 Å². The summed E-state index contributed by atoms with van der Waals surface area (Å²) in [5, 5.41) is 14.0. The lowest BCUT2D eigenvalue weighted by atomic mass is 10.1. The number of hydrogen-bond donors (Lipinski definition) is 1. The lowest BCUT2D eigenvalue weighted by Gasteiger charge is -2.09. The van der Waals surface area contributed by atoms with Crippen molar-refractivity contribution in [1.29, 1.82) is 0 Å². The van der Waals surface area contributed by atoms with Crippen molar-refractivity contribution in [3.05, 3.63) is 104 Å². The molecule has 0 unspecified atom stereocenters. The van der Waals surface area contributed by atoms with Crippen LogP contribution in [0.15, 0.2) is 81.1 Å². The van der Waals surface area contributed by atoms with Crippen molar-refractivity contribution >= 4 is 39.0 Å². The molecule has 0 amide bonds. The number of carboxylic acid groups (broad SMARTS) is 1. The fraction of sp³-hybridized carbons (Fsp3) is 0.185. The molecule has 0 fully saturated rings. The van der Waals surface area contributed by atoms with Gasteiger partial charge in [0.2, 0.25) is 0 Å². The molecule has 3 aromatic carbocycles. The summed E-state index contributed by atoms with van der Waals surface area (Å²) in [7, 11) is 0. The number of carbonyl (C=O) groups is 1. The minimum Gasteiger partial charge on any atom is -0.489 e. The number of aryl methyl sites for hydroxylation is 1. The van der Waals surface area contributed by atoms with Gasteiger partial charge in [0.25, 0.3) is 5.56 Å². The van der Waals surface area contributed by atoms with Crippen LogP contribution >= 0.6 is 15.9 Å². The lowest BCUT2D eigenvalue weighted by molar-refractivity contribution is 0.0697. The Balaban J connectivity index is 1.57. The highest BCUT2D eigenvalue weighted by molar-refractivity contribution is 9.10. The third-order valence-corrected chi connectivity index (χ3v) is 5.91. The number of unbranched alkanes of at least 4 members (excludes halogenated alkanes) is 1. The van der Waals surface area contributed by atoms with Crippen LogP contribution in [-0.2, 0) is 13.0 Å². The van der Waals surface area contributed by atoms with Gasteiger partial charge in [0.1, 0.15) is 18.2 Å². The molecule has 1 heterocycles. The van der Waals surface area contributed by atoms with E-state index in [9.17, 15) is 9.59 Å². The summed E-state index contributed by atoms with van der Waals surface area (Å²) in [4.78, 5) is 28.9. The number of ether oxygens (including phenoxy) is 1. The van der Waals surface area contributed by atoms with Crippen molar-refractivity contribution < 1.29 is 14.6 Å². The molecule has 0 radical (unpaired) electrons. The van der Waals surface area contributed by atoms with E-state index in [1.54, 1.807) is 36.5 Å². The Bertz CT molecular complexity index is 1450. The number of rotatable bonds is 9. The number of aromatic nitrogens is 2. The van der Waals surface area contributed by atoms with E-state index < -0.39 is 5.97 Å². The molecule has 1 N–H and O–H groups in total. The topological polar surface area (TPSA) is 93.8 Å². The molecule has 178 valence electrons. The zero-order valence-corrected chi connectivity index (χ0v) is 20.7. The second-order valence-electron chi connectivity index (χ2n) is 8.02. The smallest absolute Gasteiger partial charge is 0.335 e. The fourth-order valence-corrected chi connectivity index (χ4v) is 3.89. The third kappa shape index (κ3) is 6.02. The standard InChI is InChI=1S/C27H24BrN3O4/c1-2-3-7-25-30-24-13-12-21(28)15-23(24)26(32)31(25)29-16-19-5-4-6-22(14-19)35-17-18-8-10-20(11-9-18)27(33)34/h4-6,8-16H,2-3,7,17H2,1H3,(H,33,34). The summed E-state index contributed by atoms with van der Waals surface area (Å²) in [5.41, 5.74) is 2.30. The highest BCUT2D eigenvalue weighted by Gasteiger charge is 2.11. The first-order valence-corrected chi connectivity index (χ1v) is 12.0. The molecular formula is C27H24BrN3O4. The van der Waals surface area contributed by atoms with Gasteiger partial charge in [0, 0.05) is 10.9 Å². The second-order valence-corrected chi connectivity index (χ2v) is 8.93. The zero-order valence-electron chi connectivity index (χ0n) is 19.1. The summed E-state index contributed by atoms with van der Waals surface area (Å²) < 4.78 is 8.05. The summed E-state index contributed by atoms with van der Waals surface area (Å²) in [5.74, 6) is 0.297. The van der Waals surface area contributed by atoms with Gasteiger partial charge in [0.05, 0.1) is 22.7 Å². The summed E-state index contributed by atoms with van der Waals surface area (Å²) >= 11 is 3.42. The van der Waals surface area contributed by atoms with Gasteiger partial charge < -0.3 is 9.84 Å². The van der Waals surface area contributed by atoms with Gasteiger partial charge in [-0.15, -0.1) is 0 Å². The number of halogens is 1. The molecule has 8 heteroatoms. The average molecular weight is 534 g/mol. The van der Waals surface area contributed by atoms with E-state index in [1.807, 2.05) is 36.4 Å². The number of nitrogens with zero attached hydrogens (tertiary/aromatic N) is 3. The van der Waals surface area contributed by atoms with Gasteiger partial charge in [-0.25, -0.2) is 9.78 Å². The van der Waals surface area contributed by atoms with E-state index in [0.29, 0.717) is 35.5 Å². The molecule has 4 rings (SSSR count). The Kier molecular flexibility index (Phi) is 7.72. The van der Waals surface area contributed by atoms with Crippen molar-refractivity contribution in [2.75, 3.05) is 0 Å². The first-order chi connectivity index (χ1) is 16.9. The van der Waals surface area contributed by atoms with Crippen LogP contribution in [-0.4, -0.2) is 27.0 Å². The minimum atomic E-state index is -0.962. The normalized spacial score (nSPS) is 11.3. The Hall–Kier alpha value is -3.78. The molecule has 1 aromatic heterocycles. The van der Waals surface area contributed by atoms with Gasteiger partial charge in [-0.05, 0) is 60.0 Å². The lowest BCUT2D eigenvalue weighted by Crippen LogP contribution is -2.22. The van der Waals surface area contributed by atoms with Gasteiger partial charge in [0.15, 0.2) is 0 Å². The number of fused-ring (bicyclic) bond motifs is 1. The van der Waals surface area contributed by atoms with Crippen molar-refractivity contribution in [1.82, 2.24) is 9.66 Å². The largest absolute Gasteiger partial charge is 0.489 e. The summed E-state index contributed by atoms with van der Waals surface area (Å²) in [6.45, 7) is 2.39. The van der Waals surface area contributed by atoms with E-state index >= 15 is 0 Å². The molecular weight excluding hydrogens is 510 g/mol. The minimum absolute atomic E-state index is 0.212. The van der Waals surface area contributed by atoms with Crippen LogP contribution in [0.1, 0.15) is 47.1 Å². The van der Waals surface area contributed by atoms with E-state index in [2.05, 4.69) is 28.0 Å². The molecule has 4 aromatic rings. The molecule has 7 nitrogen and oxygen atoms in total. The van der Waals surface area contributed by atoms with Gasteiger partial charge in [-0.2, -0.15) is 9.78 Å². The van der Waals surface area contributed by atoms with Crippen molar-refractivity contribution in [3.8, 4) is 5.75 Å². The first-order valence-electron chi connectivity index (χ1n) is 11.2. The van der Waals surface area contributed by atoms with Crippen LogP contribution in [0.3, 0.4) is 0 Å². The molecule has 0 bridgehead atoms. The van der Waals surface area contributed by atoms with Crippen LogP contribution in [0, 0.1) is 0 Å². The fourth-order valence-electron chi connectivity index (χ4n) is 3.53. The predicted molar refractivity (Wildman–Crippen MR) is 139 cm³/mol. The Morgan fingerprint density at radius 2 is 1.94 bits per heavy atom. The molecule has 0 spiro atoms. The number of aromatic carboxylic acids is 1. The third-order valence-electron chi connectivity index (χ3n) is 5.42. The molecule has 0 saturated carbocycles. The molecule has 35 heavy (non-hydrogen) atoms. The average Bonchev–Trinajstić information content (AvgIpc) is 2.86. The molecule has 0 aliphatic carbocycles. The Labute approximate surface area is 210 Å². The monoisotopic (exact) mass is 533 g/mol. The highest BCUT2D eigenvalue weighted by atomic mass is 79.9. The summed E-state index contributed by atoms with van der Waals surface area (Å²) in [6, 6.07) is 19.4. The van der Waals surface area contributed by atoms with Crippen molar-refractivity contribution in [2.24, 2.45) is 5.10 Å². The first kappa shape index (κ1) is 24.3. The van der Waals surface area contributed by atoms with Gasteiger partial charge in [-0.1, -0.05) is 53.5 Å². The highest BCUT2D eigenvalue weighted by Crippen LogP contribution is 2.18. The second kappa shape index (κ2) is 11.1. The molecule has 0 atom stereocenters. The SMILES string of the molecule is CCCCc1nc2ccc(Br)cc2c(=O)n1N=Cc1cccc(OCc2ccc(C(=O)O)cc2)c1. The molecule has 0 saturated heterocycles. The number of hydrogen-bond acceptors (Lipinski definition) is 5. The van der Waals surface area contributed by atoms with Crippen LogP contribution in [0.4, 0.5) is 0 Å². The van der Waals surface area contributed by atoms with Crippen LogP contribution in [0.5, 0.6) is 5.75 Å². The van der Waals surface area contributed by atoms with Gasteiger partial charge in [-0.3, -0.25) is 4.79 Å². The molecule has 0 aliphatic rings. The maximum absolute atomic E-state index is 13.2. The zero-order chi connectivity index (χ0) is 24.8. The van der Waals surface area contributed by atoms with Crippen molar-refractivity contribution in [2.45, 2.75) is 32.8 Å². The molecule has 0 aliphatic heterocycles. The van der Waals surface area contributed by atoms with E-state index in [0.717, 1.165) is 28.4 Å². The predicted octanol–water partition coefficient (Wildman–Crippen LogP) is 5.66. The number of carboxylic acids is 1. The van der Waals surface area contributed by atoms with E-state index in [-0.39, 0.29) is 11.1 Å². The quantitative estimate of drug-likeness (QED) is 0.280. The van der Waals surface area contributed by atoms with Crippen LogP contribution in [0.25, 0.3) is 10.9 Å². The Morgan fingerprint density at radius 3 is 2.69 bits per heavy atom.